The second-order valence-electron chi connectivity index (χ2n) is 3.43. The zero-order valence-electron chi connectivity index (χ0n) is 8.83. The Labute approximate surface area is 89.9 Å². The minimum Gasteiger partial charge on any atom is -0.380 e. The van der Waals surface area contributed by atoms with E-state index in [2.05, 4.69) is 18.8 Å². The third kappa shape index (κ3) is 4.62. The first-order valence-electron chi connectivity index (χ1n) is 5.17. The van der Waals surface area contributed by atoms with Gasteiger partial charge in [0.05, 0.1) is 0 Å². The zero-order valence-corrected chi connectivity index (χ0v) is 8.83. The van der Waals surface area contributed by atoms with Crippen LogP contribution in [0.1, 0.15) is 31.7 Å². The molecule has 0 aromatic heterocycles. The van der Waals surface area contributed by atoms with Crippen molar-refractivity contribution >= 4 is 0 Å². The first kappa shape index (κ1) is 11.7. The Balaban J connectivity index is 2.53. The van der Waals surface area contributed by atoms with Crippen molar-refractivity contribution in [2.24, 2.45) is 0 Å². The minimum absolute atomic E-state index is 0.271. The van der Waals surface area contributed by atoms with Crippen LogP contribution in [0, 0.1) is 17.7 Å². The highest BCUT2D eigenvalue weighted by atomic mass is 19.1. The molecule has 0 bridgehead atoms. The van der Waals surface area contributed by atoms with Crippen molar-refractivity contribution in [1.29, 1.82) is 0 Å². The SMILES string of the molecule is CCCCC(O)C#Cc1ccc(F)cc1. The van der Waals surface area contributed by atoms with E-state index in [4.69, 9.17) is 0 Å². The van der Waals surface area contributed by atoms with Gasteiger partial charge in [-0.3, -0.25) is 0 Å². The van der Waals surface area contributed by atoms with Crippen LogP contribution in [0.5, 0.6) is 0 Å². The molecule has 2 heteroatoms. The van der Waals surface area contributed by atoms with Gasteiger partial charge in [0.1, 0.15) is 11.9 Å². The van der Waals surface area contributed by atoms with Gasteiger partial charge in [-0.2, -0.15) is 0 Å². The first-order valence-corrected chi connectivity index (χ1v) is 5.17. The summed E-state index contributed by atoms with van der Waals surface area (Å²) in [5, 5.41) is 9.45. The van der Waals surface area contributed by atoms with Crippen molar-refractivity contribution in [2.45, 2.75) is 32.3 Å². The molecule has 0 saturated carbocycles. The molecule has 0 aliphatic rings. The summed E-state index contributed by atoms with van der Waals surface area (Å²) in [7, 11) is 0. The molecule has 1 unspecified atom stereocenters. The minimum atomic E-state index is -0.574. The highest BCUT2D eigenvalue weighted by Crippen LogP contribution is 2.02. The van der Waals surface area contributed by atoms with Gasteiger partial charge in [0.25, 0.3) is 0 Å². The second-order valence-corrected chi connectivity index (χ2v) is 3.43. The lowest BCUT2D eigenvalue weighted by atomic mass is 10.1. The fourth-order valence-electron chi connectivity index (χ4n) is 1.17. The fraction of sp³-hybridized carbons (Fsp3) is 0.385. The van der Waals surface area contributed by atoms with E-state index in [0.717, 1.165) is 18.4 Å². The van der Waals surface area contributed by atoms with Crippen molar-refractivity contribution < 1.29 is 9.50 Å². The Morgan fingerprint density at radius 1 is 1.33 bits per heavy atom. The fourth-order valence-corrected chi connectivity index (χ4v) is 1.17. The van der Waals surface area contributed by atoms with Crippen molar-refractivity contribution in [2.75, 3.05) is 0 Å². The van der Waals surface area contributed by atoms with Gasteiger partial charge in [-0.15, -0.1) is 0 Å². The van der Waals surface area contributed by atoms with Gasteiger partial charge in [0, 0.05) is 5.56 Å². The summed E-state index contributed by atoms with van der Waals surface area (Å²) >= 11 is 0. The summed E-state index contributed by atoms with van der Waals surface area (Å²) < 4.78 is 12.6. The molecule has 1 atom stereocenters. The van der Waals surface area contributed by atoms with Gasteiger partial charge in [0.15, 0.2) is 0 Å². The molecule has 1 nitrogen and oxygen atoms in total. The number of aliphatic hydroxyl groups excluding tert-OH is 1. The maximum atomic E-state index is 12.6. The van der Waals surface area contributed by atoms with Crippen molar-refractivity contribution in [3.05, 3.63) is 35.6 Å². The Morgan fingerprint density at radius 2 is 2.00 bits per heavy atom. The number of benzene rings is 1. The van der Waals surface area contributed by atoms with E-state index in [1.165, 1.54) is 12.1 Å². The Hall–Kier alpha value is -1.33. The third-order valence-electron chi connectivity index (χ3n) is 2.06. The van der Waals surface area contributed by atoms with Crippen LogP contribution in [-0.4, -0.2) is 11.2 Å². The van der Waals surface area contributed by atoms with Gasteiger partial charge >= 0.3 is 0 Å². The van der Waals surface area contributed by atoms with Crippen LogP contribution < -0.4 is 0 Å². The van der Waals surface area contributed by atoms with Crippen LogP contribution in [-0.2, 0) is 0 Å². The number of rotatable bonds is 3. The normalized spacial score (nSPS) is 11.7. The molecule has 0 aliphatic heterocycles. The standard InChI is InChI=1S/C13H15FO/c1-2-3-4-13(15)10-7-11-5-8-12(14)9-6-11/h5-6,8-9,13,15H,2-4H2,1H3. The Bertz CT molecular complexity index is 345. The molecule has 0 spiro atoms. The maximum absolute atomic E-state index is 12.6. The van der Waals surface area contributed by atoms with Gasteiger partial charge < -0.3 is 5.11 Å². The van der Waals surface area contributed by atoms with Gasteiger partial charge in [-0.1, -0.05) is 31.6 Å². The summed E-state index contributed by atoms with van der Waals surface area (Å²) in [6.45, 7) is 2.07. The Kier molecular flexibility index (Phi) is 4.86. The third-order valence-corrected chi connectivity index (χ3v) is 2.06. The van der Waals surface area contributed by atoms with Crippen LogP contribution in [0.25, 0.3) is 0 Å². The Morgan fingerprint density at radius 3 is 2.60 bits per heavy atom. The molecule has 0 heterocycles. The zero-order chi connectivity index (χ0) is 11.1. The maximum Gasteiger partial charge on any atom is 0.123 e. The molecule has 1 aromatic carbocycles. The highest BCUT2D eigenvalue weighted by molar-refractivity contribution is 5.34. The average Bonchev–Trinajstić information content (AvgIpc) is 2.25. The van der Waals surface area contributed by atoms with Gasteiger partial charge in [-0.25, -0.2) is 4.39 Å². The van der Waals surface area contributed by atoms with E-state index in [1.54, 1.807) is 12.1 Å². The molecule has 15 heavy (non-hydrogen) atoms. The predicted molar refractivity (Wildman–Crippen MR) is 58.8 cm³/mol. The molecule has 0 aliphatic carbocycles. The quantitative estimate of drug-likeness (QED) is 0.754. The van der Waals surface area contributed by atoms with Crippen molar-refractivity contribution in [3.8, 4) is 11.8 Å². The summed E-state index contributed by atoms with van der Waals surface area (Å²) in [6.07, 6.45) is 2.15. The van der Waals surface area contributed by atoms with Crippen LogP contribution in [0.4, 0.5) is 4.39 Å². The van der Waals surface area contributed by atoms with Gasteiger partial charge in [0.2, 0.25) is 0 Å². The highest BCUT2D eigenvalue weighted by Gasteiger charge is 1.96. The van der Waals surface area contributed by atoms with Crippen LogP contribution in [0.3, 0.4) is 0 Å². The molecule has 1 rings (SSSR count). The smallest absolute Gasteiger partial charge is 0.123 e. The second kappa shape index (κ2) is 6.21. The van der Waals surface area contributed by atoms with E-state index in [1.807, 2.05) is 0 Å². The molecule has 1 N–H and O–H groups in total. The van der Waals surface area contributed by atoms with E-state index >= 15 is 0 Å². The summed E-state index contributed by atoms with van der Waals surface area (Å²) in [5.74, 6) is 5.28. The molecule has 0 fully saturated rings. The van der Waals surface area contributed by atoms with Crippen molar-refractivity contribution in [3.63, 3.8) is 0 Å². The lowest BCUT2D eigenvalue weighted by Gasteiger charge is -1.99. The monoisotopic (exact) mass is 206 g/mol. The summed E-state index contributed by atoms with van der Waals surface area (Å²) in [5.41, 5.74) is 0.729. The number of hydrogen-bond acceptors (Lipinski definition) is 1. The van der Waals surface area contributed by atoms with E-state index in [-0.39, 0.29) is 5.82 Å². The van der Waals surface area contributed by atoms with Crippen molar-refractivity contribution in [1.82, 2.24) is 0 Å². The van der Waals surface area contributed by atoms with E-state index in [9.17, 15) is 9.50 Å². The average molecular weight is 206 g/mol. The molecule has 80 valence electrons. The lowest BCUT2D eigenvalue weighted by Crippen LogP contribution is -2.01. The summed E-state index contributed by atoms with van der Waals surface area (Å²) in [4.78, 5) is 0. The topological polar surface area (TPSA) is 20.2 Å². The predicted octanol–water partition coefficient (Wildman–Crippen LogP) is 2.73. The molecule has 0 amide bonds. The molecular formula is C13H15FO. The lowest BCUT2D eigenvalue weighted by molar-refractivity contribution is 0.218. The van der Waals surface area contributed by atoms with Crippen LogP contribution in [0.2, 0.25) is 0 Å². The number of unbranched alkanes of at least 4 members (excludes halogenated alkanes) is 1. The number of halogens is 1. The summed E-state index contributed by atoms with van der Waals surface area (Å²) in [6, 6.07) is 5.94. The number of hydrogen-bond donors (Lipinski definition) is 1. The molecular weight excluding hydrogens is 191 g/mol. The van der Waals surface area contributed by atoms with Gasteiger partial charge in [-0.05, 0) is 30.7 Å². The van der Waals surface area contributed by atoms with Crippen LogP contribution in [0.15, 0.2) is 24.3 Å². The number of aliphatic hydroxyl groups is 1. The van der Waals surface area contributed by atoms with E-state index < -0.39 is 6.10 Å². The van der Waals surface area contributed by atoms with Crippen LogP contribution >= 0.6 is 0 Å². The first-order chi connectivity index (χ1) is 7.22. The molecule has 1 aromatic rings. The molecule has 0 radical (unpaired) electrons. The molecule has 0 saturated heterocycles. The largest absolute Gasteiger partial charge is 0.380 e. The van der Waals surface area contributed by atoms with E-state index in [0.29, 0.717) is 6.42 Å².